The van der Waals surface area contributed by atoms with Gasteiger partial charge in [0, 0.05) is 24.4 Å². The molecule has 1 aromatic carbocycles. The van der Waals surface area contributed by atoms with Crippen LogP contribution >= 0.6 is 0 Å². The molecular weight excluding hydrogens is 252 g/mol. The predicted octanol–water partition coefficient (Wildman–Crippen LogP) is 3.50. The Hall–Kier alpha value is -1.55. The van der Waals surface area contributed by atoms with Crippen molar-refractivity contribution in [1.82, 2.24) is 0 Å². The first-order valence-corrected chi connectivity index (χ1v) is 7.14. The Morgan fingerprint density at radius 2 is 2.10 bits per heavy atom. The molecule has 0 radical (unpaired) electrons. The fourth-order valence-corrected chi connectivity index (χ4v) is 1.67. The minimum absolute atomic E-state index is 0.00314. The number of nitrogen functional groups attached to an aromatic ring is 1. The fourth-order valence-electron chi connectivity index (χ4n) is 1.67. The number of carbonyl (C=O) groups excluding carboxylic acids is 1. The maximum atomic E-state index is 11.9. The average Bonchev–Trinajstić information content (AvgIpc) is 2.39. The normalized spacial score (nSPS) is 11.4. The Labute approximate surface area is 121 Å². The van der Waals surface area contributed by atoms with Crippen LogP contribution in [0.4, 0.5) is 11.4 Å². The summed E-state index contributed by atoms with van der Waals surface area (Å²) in [5.41, 5.74) is 8.05. The quantitative estimate of drug-likeness (QED) is 0.592. The number of nitrogens with one attached hydrogen (secondary N) is 1. The Morgan fingerprint density at radius 3 is 2.75 bits per heavy atom. The molecule has 1 amide bonds. The number of nitrogens with two attached hydrogens (primary N) is 1. The van der Waals surface area contributed by atoms with Gasteiger partial charge in [-0.05, 0) is 51.3 Å². The van der Waals surface area contributed by atoms with Gasteiger partial charge in [0.05, 0.1) is 5.60 Å². The molecule has 112 valence electrons. The number of benzene rings is 1. The largest absolute Gasteiger partial charge is 0.399 e. The average molecular weight is 278 g/mol. The Kier molecular flexibility index (Phi) is 6.02. The van der Waals surface area contributed by atoms with Crippen LogP contribution in [-0.2, 0) is 9.53 Å². The molecular formula is C16H26N2O2. The van der Waals surface area contributed by atoms with Gasteiger partial charge in [-0.25, -0.2) is 0 Å². The van der Waals surface area contributed by atoms with E-state index in [1.54, 1.807) is 6.07 Å². The molecule has 0 atom stereocenters. The lowest BCUT2D eigenvalue weighted by Crippen LogP contribution is -2.24. The van der Waals surface area contributed by atoms with Gasteiger partial charge in [0.15, 0.2) is 0 Å². The molecule has 0 saturated carbocycles. The van der Waals surface area contributed by atoms with Crippen molar-refractivity contribution < 1.29 is 9.53 Å². The topological polar surface area (TPSA) is 64.3 Å². The highest BCUT2D eigenvalue weighted by Crippen LogP contribution is 2.18. The van der Waals surface area contributed by atoms with Gasteiger partial charge in [-0.1, -0.05) is 13.0 Å². The molecule has 4 heteroatoms. The van der Waals surface area contributed by atoms with Crippen molar-refractivity contribution in [1.29, 1.82) is 0 Å². The van der Waals surface area contributed by atoms with Crippen molar-refractivity contribution in [2.75, 3.05) is 17.7 Å². The van der Waals surface area contributed by atoms with E-state index in [0.29, 0.717) is 18.7 Å². The number of carbonyl (C=O) groups is 1. The summed E-state index contributed by atoms with van der Waals surface area (Å²) in [5, 5.41) is 2.89. The summed E-state index contributed by atoms with van der Waals surface area (Å²) >= 11 is 0. The first-order valence-electron chi connectivity index (χ1n) is 7.14. The number of hydrogen-bond acceptors (Lipinski definition) is 3. The summed E-state index contributed by atoms with van der Waals surface area (Å²) in [5.74, 6) is -0.00314. The highest BCUT2D eigenvalue weighted by Gasteiger charge is 2.15. The fraction of sp³-hybridized carbons (Fsp3) is 0.562. The second kappa shape index (κ2) is 7.29. The van der Waals surface area contributed by atoms with Crippen molar-refractivity contribution >= 4 is 17.3 Å². The van der Waals surface area contributed by atoms with Gasteiger partial charge in [0.25, 0.3) is 0 Å². The van der Waals surface area contributed by atoms with Crippen molar-refractivity contribution in [3.63, 3.8) is 0 Å². The smallest absolute Gasteiger partial charge is 0.224 e. The third kappa shape index (κ3) is 5.61. The van der Waals surface area contributed by atoms with E-state index in [4.69, 9.17) is 10.5 Å². The Morgan fingerprint density at radius 1 is 1.40 bits per heavy atom. The van der Waals surface area contributed by atoms with Crippen molar-refractivity contribution in [2.45, 2.75) is 52.6 Å². The molecule has 0 unspecified atom stereocenters. The zero-order chi connectivity index (χ0) is 15.2. The summed E-state index contributed by atoms with van der Waals surface area (Å²) in [7, 11) is 0. The van der Waals surface area contributed by atoms with Crippen LogP contribution in [-0.4, -0.2) is 18.1 Å². The minimum atomic E-state index is -0.110. The first-order chi connectivity index (χ1) is 9.34. The number of rotatable bonds is 7. The lowest BCUT2D eigenvalue weighted by molar-refractivity contribution is -0.117. The maximum Gasteiger partial charge on any atom is 0.224 e. The SMILES string of the molecule is CCC(C)(C)OCCCC(=O)Nc1cc(N)ccc1C. The molecule has 3 N–H and O–H groups in total. The van der Waals surface area contributed by atoms with E-state index in [2.05, 4.69) is 26.1 Å². The van der Waals surface area contributed by atoms with Gasteiger partial charge >= 0.3 is 0 Å². The number of amides is 1. The van der Waals surface area contributed by atoms with Gasteiger partial charge in [0.2, 0.25) is 5.91 Å². The van der Waals surface area contributed by atoms with Crippen LogP contribution in [0.25, 0.3) is 0 Å². The van der Waals surface area contributed by atoms with Gasteiger partial charge in [-0.2, -0.15) is 0 Å². The highest BCUT2D eigenvalue weighted by molar-refractivity contribution is 5.91. The number of ether oxygens (including phenoxy) is 1. The lowest BCUT2D eigenvalue weighted by atomic mass is 10.1. The molecule has 0 fully saturated rings. The van der Waals surface area contributed by atoms with Crippen molar-refractivity contribution in [3.05, 3.63) is 23.8 Å². The highest BCUT2D eigenvalue weighted by atomic mass is 16.5. The monoisotopic (exact) mass is 278 g/mol. The summed E-state index contributed by atoms with van der Waals surface area (Å²) in [6.07, 6.45) is 2.13. The van der Waals surface area contributed by atoms with Crippen LogP contribution in [0.3, 0.4) is 0 Å². The molecule has 0 aromatic heterocycles. The number of hydrogen-bond donors (Lipinski definition) is 2. The Balaban J connectivity index is 2.36. The molecule has 0 aliphatic rings. The molecule has 0 heterocycles. The zero-order valence-electron chi connectivity index (χ0n) is 13.0. The molecule has 20 heavy (non-hydrogen) atoms. The Bertz CT molecular complexity index is 456. The molecule has 0 aliphatic heterocycles. The molecule has 4 nitrogen and oxygen atoms in total. The molecule has 0 saturated heterocycles. The standard InChI is InChI=1S/C16H26N2O2/c1-5-16(3,4)20-10-6-7-15(19)18-14-11-13(17)9-8-12(14)2/h8-9,11H,5-7,10,17H2,1-4H3,(H,18,19). The first kappa shape index (κ1) is 16.5. The van der Waals surface area contributed by atoms with Crippen LogP contribution in [0.5, 0.6) is 0 Å². The third-order valence-electron chi connectivity index (χ3n) is 3.43. The van der Waals surface area contributed by atoms with Gasteiger partial charge < -0.3 is 15.8 Å². The minimum Gasteiger partial charge on any atom is -0.399 e. The van der Waals surface area contributed by atoms with E-state index in [1.165, 1.54) is 0 Å². The lowest BCUT2D eigenvalue weighted by Gasteiger charge is -2.23. The molecule has 0 bridgehead atoms. The molecule has 1 rings (SSSR count). The maximum absolute atomic E-state index is 11.9. The molecule has 0 aliphatic carbocycles. The van der Waals surface area contributed by atoms with Gasteiger partial charge in [-0.3, -0.25) is 4.79 Å². The van der Waals surface area contributed by atoms with E-state index in [-0.39, 0.29) is 11.5 Å². The number of anilines is 2. The van der Waals surface area contributed by atoms with Crippen LogP contribution < -0.4 is 11.1 Å². The van der Waals surface area contributed by atoms with E-state index in [1.807, 2.05) is 19.1 Å². The van der Waals surface area contributed by atoms with Gasteiger partial charge in [0.1, 0.15) is 0 Å². The second-order valence-electron chi connectivity index (χ2n) is 5.69. The van der Waals surface area contributed by atoms with Crippen LogP contribution in [0.2, 0.25) is 0 Å². The predicted molar refractivity (Wildman–Crippen MR) is 83.8 cm³/mol. The van der Waals surface area contributed by atoms with E-state index in [0.717, 1.165) is 24.1 Å². The summed E-state index contributed by atoms with van der Waals surface area (Å²) in [4.78, 5) is 11.9. The third-order valence-corrected chi connectivity index (χ3v) is 3.43. The van der Waals surface area contributed by atoms with Crippen LogP contribution in [0, 0.1) is 6.92 Å². The van der Waals surface area contributed by atoms with Crippen molar-refractivity contribution in [3.8, 4) is 0 Å². The second-order valence-corrected chi connectivity index (χ2v) is 5.69. The molecule has 1 aromatic rings. The zero-order valence-corrected chi connectivity index (χ0v) is 13.0. The van der Waals surface area contributed by atoms with Crippen molar-refractivity contribution in [2.24, 2.45) is 0 Å². The number of aryl methyl sites for hydroxylation is 1. The van der Waals surface area contributed by atoms with Crippen LogP contribution in [0.1, 0.15) is 45.6 Å². The van der Waals surface area contributed by atoms with Gasteiger partial charge in [-0.15, -0.1) is 0 Å². The van der Waals surface area contributed by atoms with E-state index < -0.39 is 0 Å². The van der Waals surface area contributed by atoms with Crippen LogP contribution in [0.15, 0.2) is 18.2 Å². The summed E-state index contributed by atoms with van der Waals surface area (Å²) in [6, 6.07) is 5.51. The summed E-state index contributed by atoms with van der Waals surface area (Å²) in [6.45, 7) is 8.76. The molecule has 0 spiro atoms. The summed E-state index contributed by atoms with van der Waals surface area (Å²) < 4.78 is 5.72. The van der Waals surface area contributed by atoms with E-state index >= 15 is 0 Å². The van der Waals surface area contributed by atoms with E-state index in [9.17, 15) is 4.79 Å².